The molecule has 11 N–H and O–H groups in total. The molecule has 0 radical (unpaired) electrons. The lowest BCUT2D eigenvalue weighted by atomic mass is 10.1. The van der Waals surface area contributed by atoms with Crippen LogP contribution in [0.5, 0.6) is 0 Å². The van der Waals surface area contributed by atoms with Gasteiger partial charge < -0.3 is 31.7 Å². The summed E-state index contributed by atoms with van der Waals surface area (Å²) in [5, 5.41) is 72.5. The van der Waals surface area contributed by atoms with Crippen LogP contribution in [-0.2, 0) is 31.1 Å². The molecule has 37 heteroatoms. The van der Waals surface area contributed by atoms with Crippen molar-refractivity contribution >= 4 is 129 Å². The minimum absolute atomic E-state index is 0. The molecule has 0 aromatic carbocycles. The van der Waals surface area contributed by atoms with Gasteiger partial charge in [-0.1, -0.05) is 23.4 Å². The molecule has 2 atom stereocenters. The molecule has 16 rings (SSSR count). The van der Waals surface area contributed by atoms with Crippen molar-refractivity contribution in [3.8, 4) is 79.6 Å². The molecule has 1 amide bonds. The smallest absolute Gasteiger partial charge is 0.250 e. The maximum atomic E-state index is 12.6. The highest BCUT2D eigenvalue weighted by Gasteiger charge is 2.31. The SMILES string of the molecule is C#Cc1cnc(-c2ccc(C(C)C#N)s2)nc1Nc1cc(C2CC2)[nH]n1.C#Cc1cnc(-c2ccc(S(=O)(=O)CCCNC(C)=O)s2)nc1Nc1cc(C2CC2)[nH]n1.CC(C#N)c1ccc(-c2ncc(Cl)c(Nc3cc(C4CC4)[nH]n3)n2)s1.CC(C)(C)NS(=O)(=O)c1ccc(-c2ncc(CCO)c(Nc3cc(C4CC4)[nH]n3)n2)s1.[HH].[HH].[HH].[HH].[HH].[HH].[HH].[HH].[HH]. The number of carbonyl (C=O) groups is 1. The average molecular weight is 1680 g/mol. The van der Waals surface area contributed by atoms with Crippen molar-refractivity contribution in [3.63, 3.8) is 0 Å². The number of halogens is 1. The molecule has 4 aliphatic carbocycles. The lowest BCUT2D eigenvalue weighted by Crippen LogP contribution is -2.40. The summed E-state index contributed by atoms with van der Waals surface area (Å²) in [6.45, 7) is 10.8. The standard InChI is InChI=1S/C21H22N6O3S2.C20H26N6O3S2.C19H16N6S.C17H15ClN6S.9H2/c1-3-14-12-23-21(25-20(14)24-18-11-16(26-27-18)15-5-6-15)17-7-8-19(31-17)32(29,30)10-4-9-22-13(2)28;1-20(2,3)26-31(28,29)17-7-6-15(30-17)19-21-11-13(8-9-27)18(23-19)22-16-10-14(24-25-16)12-4-5-12;1-3-12-10-21-19(16-7-6-15(26-16)11(2)9-20)23-18(12)22-17-8-14(24-25-17)13-4-5-13;1-9(7-19)13-4-5-14(25-13)17-20-8-11(18)16(22-17)21-15-6-12(23-24-15)10-2-3-10;;;;;;;;;/h1,7-8,11-12,15H,4-6,9-10H2,2H3,(H,22,28)(H2,23,24,25,26,27);6-7,10-12,26-27H,4-5,8-9H2,1-3H3,(H2,21,22,23,24,25);1,6-8,10-11,13H,4-5H2,2H3,(H2,21,22,23,24,25);4-6,8-10H,2-3H2,1H3,(H2,20,21,22,23,24);9*1H. The van der Waals surface area contributed by atoms with Gasteiger partial charge in [0.2, 0.25) is 5.91 Å². The van der Waals surface area contributed by atoms with Crippen LogP contribution in [0.25, 0.3) is 42.8 Å². The Bertz CT molecular complexity index is 5910. The number of H-pyrrole nitrogens is 4. The van der Waals surface area contributed by atoms with Gasteiger partial charge in [0.1, 0.15) is 19.3 Å². The van der Waals surface area contributed by atoms with E-state index < -0.39 is 25.4 Å². The van der Waals surface area contributed by atoms with Crippen molar-refractivity contribution in [2.75, 3.05) is 40.2 Å². The third-order valence-electron chi connectivity index (χ3n) is 17.8. The molecule has 12 aromatic heterocycles. The number of nitrogens with zero attached hydrogens (tertiary/aromatic N) is 14. The van der Waals surface area contributed by atoms with Gasteiger partial charge in [0.05, 0.1) is 66.6 Å². The van der Waals surface area contributed by atoms with Gasteiger partial charge in [-0.25, -0.2) is 61.4 Å². The van der Waals surface area contributed by atoms with E-state index >= 15 is 0 Å². The second-order valence-electron chi connectivity index (χ2n) is 28.4. The summed E-state index contributed by atoms with van der Waals surface area (Å²) >= 11 is 11.5. The minimum Gasteiger partial charge on any atom is -0.396 e. The second kappa shape index (κ2) is 35.5. The Labute approximate surface area is 692 Å². The van der Waals surface area contributed by atoms with Crippen LogP contribution in [0.15, 0.2) is 106 Å². The number of hydrogen-bond donors (Lipinski definition) is 11. The fourth-order valence-electron chi connectivity index (χ4n) is 11.2. The fourth-order valence-corrected chi connectivity index (χ4v) is 18.6. The molecule has 0 bridgehead atoms. The summed E-state index contributed by atoms with van der Waals surface area (Å²) in [6.07, 6.45) is 27.8. The van der Waals surface area contributed by atoms with E-state index in [-0.39, 0.29) is 51.4 Å². The number of amides is 1. The maximum absolute atomic E-state index is 12.6. The zero-order chi connectivity index (χ0) is 80.4. The Hall–Kier alpha value is -11.2. The molecule has 0 spiro atoms. The summed E-state index contributed by atoms with van der Waals surface area (Å²) in [5.41, 5.74) is 5.68. The van der Waals surface area contributed by atoms with Crippen molar-refractivity contribution in [1.82, 2.24) is 90.7 Å². The number of hydrogen-bond acceptors (Lipinski definition) is 28. The number of terminal acetylenes is 2. The van der Waals surface area contributed by atoms with Gasteiger partial charge in [0, 0.05) is 149 Å². The topological polar surface area (TPSA) is 443 Å². The van der Waals surface area contributed by atoms with Crippen LogP contribution in [0.2, 0.25) is 5.02 Å². The van der Waals surface area contributed by atoms with Crippen molar-refractivity contribution in [1.29, 1.82) is 10.5 Å². The summed E-state index contributed by atoms with van der Waals surface area (Å²) < 4.78 is 53.5. The number of anilines is 8. The molecular weight excluding hydrogens is 1580 g/mol. The number of aliphatic hydroxyl groups excluding tert-OH is 1. The molecule has 12 aromatic rings. The molecule has 12 heterocycles. The highest BCUT2D eigenvalue weighted by molar-refractivity contribution is 7.93. The molecule has 30 nitrogen and oxygen atoms in total. The molecule has 4 saturated carbocycles. The summed E-state index contributed by atoms with van der Waals surface area (Å²) in [6, 6.07) is 26.6. The van der Waals surface area contributed by atoms with Crippen LogP contribution in [0.3, 0.4) is 0 Å². The number of sulfonamides is 1. The highest BCUT2D eigenvalue weighted by Crippen LogP contribution is 2.44. The fraction of sp³-hybridized carbons (Fsp3) is 0.338. The van der Waals surface area contributed by atoms with Gasteiger partial charge >= 0.3 is 0 Å². The van der Waals surface area contributed by atoms with E-state index in [4.69, 9.17) is 35.0 Å². The van der Waals surface area contributed by atoms with Gasteiger partial charge in [0.25, 0.3) is 10.0 Å². The predicted molar refractivity (Wildman–Crippen MR) is 461 cm³/mol. The minimum atomic E-state index is -3.63. The monoisotopic (exact) mass is 1680 g/mol. The van der Waals surface area contributed by atoms with E-state index in [1.165, 1.54) is 74.3 Å². The first-order valence-corrected chi connectivity index (χ1v) is 43.3. The molecule has 604 valence electrons. The van der Waals surface area contributed by atoms with Gasteiger partial charge in [-0.15, -0.1) is 58.2 Å². The summed E-state index contributed by atoms with van der Waals surface area (Å²) in [5.74, 6) is 13.5. The maximum Gasteiger partial charge on any atom is 0.250 e. The molecule has 4 fully saturated rings. The largest absolute Gasteiger partial charge is 0.396 e. The van der Waals surface area contributed by atoms with E-state index in [0.717, 1.165) is 83.4 Å². The van der Waals surface area contributed by atoms with Crippen molar-refractivity contribution in [2.24, 2.45) is 0 Å². The average Bonchev–Trinajstić information content (AvgIpc) is 1.57. The Morgan fingerprint density at radius 2 is 0.947 bits per heavy atom. The van der Waals surface area contributed by atoms with E-state index in [1.807, 2.05) is 62.4 Å². The van der Waals surface area contributed by atoms with Gasteiger partial charge in [-0.3, -0.25) is 25.2 Å². The number of carbonyl (C=O) groups excluding carboxylic acids is 1. The number of rotatable bonds is 27. The third-order valence-corrected chi connectivity index (χ3v) is 27.4. The molecule has 0 saturated heterocycles. The Morgan fingerprint density at radius 1 is 0.570 bits per heavy atom. The Kier molecular flexibility index (Phi) is 25.2. The van der Waals surface area contributed by atoms with Crippen LogP contribution in [0.4, 0.5) is 46.5 Å². The number of thiophene rings is 4. The van der Waals surface area contributed by atoms with Crippen LogP contribution in [0.1, 0.15) is 197 Å². The first-order chi connectivity index (χ1) is 54.8. The summed E-state index contributed by atoms with van der Waals surface area (Å²) in [4.78, 5) is 51.6. The third kappa shape index (κ3) is 21.2. The lowest BCUT2D eigenvalue weighted by Gasteiger charge is -2.19. The van der Waals surface area contributed by atoms with E-state index in [1.54, 1.807) is 63.6 Å². The first kappa shape index (κ1) is 80.9. The number of aromatic nitrogens is 16. The number of aliphatic hydroxyl groups is 1. The van der Waals surface area contributed by atoms with Crippen LogP contribution >= 0.6 is 56.9 Å². The zero-order valence-electron chi connectivity index (χ0n) is 62.6. The Morgan fingerprint density at radius 3 is 1.36 bits per heavy atom. The normalized spacial score (nSPS) is 14.4. The Balaban J connectivity index is 0.000000337. The van der Waals surface area contributed by atoms with Crippen molar-refractivity contribution in [3.05, 3.63) is 152 Å². The number of nitrogens with one attached hydrogen (secondary N) is 10. The number of sulfone groups is 1. The van der Waals surface area contributed by atoms with Crippen molar-refractivity contribution in [2.45, 2.75) is 155 Å². The van der Waals surface area contributed by atoms with Crippen LogP contribution in [-0.4, -0.2) is 133 Å². The lowest BCUT2D eigenvalue weighted by molar-refractivity contribution is -0.118. The van der Waals surface area contributed by atoms with Crippen molar-refractivity contribution < 1.29 is 39.6 Å². The molecule has 114 heavy (non-hydrogen) atoms. The molecule has 0 aliphatic heterocycles. The van der Waals surface area contributed by atoms with E-state index in [2.05, 4.69) is 136 Å². The molecule has 4 aliphatic rings. The van der Waals surface area contributed by atoms with Crippen LogP contribution < -0.4 is 31.3 Å². The van der Waals surface area contributed by atoms with Crippen LogP contribution in [0, 0.1) is 47.3 Å². The van der Waals surface area contributed by atoms with Gasteiger partial charge in [0.15, 0.2) is 73.9 Å². The molecular formula is C77H97ClN24O6S6. The van der Waals surface area contributed by atoms with Gasteiger partial charge in [-0.05, 0) is 141 Å². The first-order valence-electron chi connectivity index (χ1n) is 36.5. The quantitative estimate of drug-likeness (QED) is 0.0168. The second-order valence-corrected chi connectivity index (χ2v) is 37.5. The zero-order valence-corrected chi connectivity index (χ0v) is 68.3. The van der Waals surface area contributed by atoms with E-state index in [9.17, 15) is 26.7 Å². The molecule has 2 unspecified atom stereocenters. The summed E-state index contributed by atoms with van der Waals surface area (Å²) in [7, 11) is -7.10. The number of aromatic amines is 4. The van der Waals surface area contributed by atoms with Gasteiger partial charge in [-0.2, -0.15) is 30.9 Å². The van der Waals surface area contributed by atoms with E-state index in [0.29, 0.717) is 139 Å². The highest BCUT2D eigenvalue weighted by atomic mass is 35.5. The predicted octanol–water partition coefficient (Wildman–Crippen LogP) is 17.2. The number of nitriles is 2.